The van der Waals surface area contributed by atoms with Crippen molar-refractivity contribution in [1.82, 2.24) is 4.90 Å². The molecule has 0 fully saturated rings. The monoisotopic (exact) mass is 363 g/mol. The van der Waals surface area contributed by atoms with Crippen molar-refractivity contribution in [2.75, 3.05) is 13.8 Å². The van der Waals surface area contributed by atoms with Crippen molar-refractivity contribution in [2.45, 2.75) is 6.54 Å². The first-order chi connectivity index (χ1) is 11.5. The fourth-order valence-corrected chi connectivity index (χ4v) is 2.72. The largest absolute Gasteiger partial charge is 0.454 e. The first-order valence-corrected chi connectivity index (χ1v) is 8.05. The molecule has 1 heterocycles. The molecule has 0 atom stereocenters. The number of carbonyl (C=O) groups excluding carboxylic acids is 1. The lowest BCUT2D eigenvalue weighted by atomic mass is 10.1. The molecular formula is C18H15Cl2NO3. The predicted octanol–water partition coefficient (Wildman–Crippen LogP) is 4.39. The summed E-state index contributed by atoms with van der Waals surface area (Å²) in [6.45, 7) is 0.660. The molecular weight excluding hydrogens is 349 g/mol. The van der Waals surface area contributed by atoms with Crippen molar-refractivity contribution in [2.24, 2.45) is 0 Å². The molecule has 1 amide bonds. The van der Waals surface area contributed by atoms with Crippen LogP contribution in [0, 0.1) is 0 Å². The Labute approximate surface area is 150 Å². The molecule has 1 aliphatic rings. The second-order valence-electron chi connectivity index (χ2n) is 5.39. The Morgan fingerprint density at radius 1 is 1.21 bits per heavy atom. The molecule has 2 aromatic rings. The van der Waals surface area contributed by atoms with Crippen LogP contribution in [0.1, 0.15) is 11.1 Å². The van der Waals surface area contributed by atoms with Gasteiger partial charge < -0.3 is 14.4 Å². The van der Waals surface area contributed by atoms with Crippen molar-refractivity contribution in [3.05, 3.63) is 63.6 Å². The van der Waals surface area contributed by atoms with E-state index in [4.69, 9.17) is 32.7 Å². The molecule has 0 saturated heterocycles. The van der Waals surface area contributed by atoms with E-state index in [0.29, 0.717) is 28.1 Å². The Bertz CT molecular complexity index is 788. The van der Waals surface area contributed by atoms with Gasteiger partial charge in [-0.25, -0.2) is 0 Å². The predicted molar refractivity (Wildman–Crippen MR) is 94.5 cm³/mol. The molecule has 0 spiro atoms. The molecule has 1 aliphatic heterocycles. The fourth-order valence-electron chi connectivity index (χ4n) is 2.32. The number of amides is 1. The Balaban J connectivity index is 1.66. The van der Waals surface area contributed by atoms with Crippen LogP contribution in [0.15, 0.2) is 42.5 Å². The molecule has 2 aromatic carbocycles. The van der Waals surface area contributed by atoms with Crippen LogP contribution in [0.25, 0.3) is 6.08 Å². The van der Waals surface area contributed by atoms with E-state index in [1.54, 1.807) is 42.3 Å². The quantitative estimate of drug-likeness (QED) is 0.756. The number of ether oxygens (including phenoxy) is 2. The minimum Gasteiger partial charge on any atom is -0.454 e. The standard InChI is InChI=1S/C18H15Cl2NO3/c1-21(10-12-2-5-14(19)6-3-12)17(22)7-4-13-8-15(20)18-16(9-13)23-11-24-18/h2-9H,10-11H2,1H3/b7-4+. The van der Waals surface area contributed by atoms with Gasteiger partial charge in [0.05, 0.1) is 5.02 Å². The Morgan fingerprint density at radius 3 is 2.71 bits per heavy atom. The lowest BCUT2D eigenvalue weighted by Gasteiger charge is -2.15. The average Bonchev–Trinajstić information content (AvgIpc) is 3.04. The highest BCUT2D eigenvalue weighted by Gasteiger charge is 2.17. The average molecular weight is 364 g/mol. The minimum atomic E-state index is -0.112. The van der Waals surface area contributed by atoms with Gasteiger partial charge >= 0.3 is 0 Å². The summed E-state index contributed by atoms with van der Waals surface area (Å²) < 4.78 is 10.6. The lowest BCUT2D eigenvalue weighted by molar-refractivity contribution is -0.125. The molecule has 0 aliphatic carbocycles. The van der Waals surface area contributed by atoms with E-state index >= 15 is 0 Å². The second-order valence-corrected chi connectivity index (χ2v) is 6.23. The zero-order chi connectivity index (χ0) is 17.1. The number of carbonyl (C=O) groups is 1. The van der Waals surface area contributed by atoms with Crippen molar-refractivity contribution in [3.63, 3.8) is 0 Å². The molecule has 0 radical (unpaired) electrons. The Kier molecular flexibility index (Phi) is 4.97. The van der Waals surface area contributed by atoms with Gasteiger partial charge in [-0.1, -0.05) is 35.3 Å². The first kappa shape index (κ1) is 16.7. The zero-order valence-electron chi connectivity index (χ0n) is 13.0. The first-order valence-electron chi connectivity index (χ1n) is 7.30. The highest BCUT2D eigenvalue weighted by atomic mass is 35.5. The minimum absolute atomic E-state index is 0.112. The molecule has 0 N–H and O–H groups in total. The third-order valence-corrected chi connectivity index (χ3v) is 4.11. The fraction of sp³-hybridized carbons (Fsp3) is 0.167. The van der Waals surface area contributed by atoms with Gasteiger partial charge in [-0.05, 0) is 41.5 Å². The van der Waals surface area contributed by atoms with Gasteiger partial charge in [0.2, 0.25) is 12.7 Å². The Morgan fingerprint density at radius 2 is 1.96 bits per heavy atom. The van der Waals surface area contributed by atoms with Crippen molar-refractivity contribution < 1.29 is 14.3 Å². The molecule has 0 unspecified atom stereocenters. The maximum Gasteiger partial charge on any atom is 0.246 e. The highest BCUT2D eigenvalue weighted by molar-refractivity contribution is 6.32. The number of fused-ring (bicyclic) bond motifs is 1. The van der Waals surface area contributed by atoms with Gasteiger partial charge in [0.1, 0.15) is 0 Å². The topological polar surface area (TPSA) is 38.8 Å². The number of likely N-dealkylation sites (N-methyl/N-ethyl adjacent to an activating group) is 1. The van der Waals surface area contributed by atoms with Crippen molar-refractivity contribution >= 4 is 35.2 Å². The second kappa shape index (κ2) is 7.16. The van der Waals surface area contributed by atoms with E-state index in [0.717, 1.165) is 11.1 Å². The highest BCUT2D eigenvalue weighted by Crippen LogP contribution is 2.40. The summed E-state index contributed by atoms with van der Waals surface area (Å²) in [6.07, 6.45) is 3.21. The molecule has 124 valence electrons. The van der Waals surface area contributed by atoms with E-state index in [-0.39, 0.29) is 12.7 Å². The summed E-state index contributed by atoms with van der Waals surface area (Å²) in [5, 5.41) is 1.14. The maximum absolute atomic E-state index is 12.2. The molecule has 0 saturated carbocycles. The van der Waals surface area contributed by atoms with Crippen molar-refractivity contribution in [3.8, 4) is 11.5 Å². The van der Waals surface area contributed by atoms with Crippen LogP contribution in [-0.4, -0.2) is 24.6 Å². The van der Waals surface area contributed by atoms with Crippen LogP contribution in [0.5, 0.6) is 11.5 Å². The van der Waals surface area contributed by atoms with Crippen LogP contribution >= 0.6 is 23.2 Å². The van der Waals surface area contributed by atoms with Gasteiger partial charge in [-0.2, -0.15) is 0 Å². The van der Waals surface area contributed by atoms with E-state index in [9.17, 15) is 4.79 Å². The number of nitrogens with zero attached hydrogens (tertiary/aromatic N) is 1. The van der Waals surface area contributed by atoms with E-state index in [1.165, 1.54) is 6.08 Å². The molecule has 0 aromatic heterocycles. The smallest absolute Gasteiger partial charge is 0.246 e. The van der Waals surface area contributed by atoms with Crippen LogP contribution in [0.4, 0.5) is 0 Å². The van der Waals surface area contributed by atoms with Gasteiger partial charge in [0, 0.05) is 24.7 Å². The molecule has 0 bridgehead atoms. The van der Waals surface area contributed by atoms with Gasteiger partial charge in [0.15, 0.2) is 11.5 Å². The third kappa shape index (κ3) is 3.83. The third-order valence-electron chi connectivity index (χ3n) is 3.58. The summed E-state index contributed by atoms with van der Waals surface area (Å²) in [5.74, 6) is 1.02. The van der Waals surface area contributed by atoms with Gasteiger partial charge in [-0.3, -0.25) is 4.79 Å². The molecule has 4 nitrogen and oxygen atoms in total. The Hall–Kier alpha value is -2.17. The summed E-state index contributed by atoms with van der Waals surface area (Å²) in [5.41, 5.74) is 1.78. The van der Waals surface area contributed by atoms with Crippen LogP contribution < -0.4 is 9.47 Å². The summed E-state index contributed by atoms with van der Waals surface area (Å²) in [6, 6.07) is 10.9. The van der Waals surface area contributed by atoms with Gasteiger partial charge in [0.25, 0.3) is 0 Å². The van der Waals surface area contributed by atoms with Crippen LogP contribution in [0.2, 0.25) is 10.0 Å². The molecule has 24 heavy (non-hydrogen) atoms. The number of benzene rings is 2. The number of rotatable bonds is 4. The number of hydrogen-bond acceptors (Lipinski definition) is 3. The lowest BCUT2D eigenvalue weighted by Crippen LogP contribution is -2.24. The van der Waals surface area contributed by atoms with Crippen molar-refractivity contribution in [1.29, 1.82) is 0 Å². The maximum atomic E-state index is 12.2. The summed E-state index contributed by atoms with van der Waals surface area (Å²) >= 11 is 12.0. The van der Waals surface area contributed by atoms with Gasteiger partial charge in [-0.15, -0.1) is 0 Å². The van der Waals surface area contributed by atoms with E-state index in [2.05, 4.69) is 0 Å². The normalized spacial score (nSPS) is 12.6. The van der Waals surface area contributed by atoms with E-state index in [1.807, 2.05) is 12.1 Å². The zero-order valence-corrected chi connectivity index (χ0v) is 14.5. The molecule has 6 heteroatoms. The number of hydrogen-bond donors (Lipinski definition) is 0. The van der Waals surface area contributed by atoms with Crippen LogP contribution in [0.3, 0.4) is 0 Å². The SMILES string of the molecule is CN(Cc1ccc(Cl)cc1)C(=O)/C=C/c1cc(Cl)c2c(c1)OCO2. The van der Waals surface area contributed by atoms with Crippen LogP contribution in [-0.2, 0) is 11.3 Å². The van der Waals surface area contributed by atoms with E-state index < -0.39 is 0 Å². The number of halogens is 2. The summed E-state index contributed by atoms with van der Waals surface area (Å²) in [4.78, 5) is 13.8. The molecule has 3 rings (SSSR count). The summed E-state index contributed by atoms with van der Waals surface area (Å²) in [7, 11) is 1.74.